The summed E-state index contributed by atoms with van der Waals surface area (Å²) >= 11 is 26.3. The summed E-state index contributed by atoms with van der Waals surface area (Å²) in [5.41, 5.74) is 3.43. The molecular formula is C24H19Cl4N5OS. The van der Waals surface area contributed by atoms with Crippen LogP contribution in [0.15, 0.2) is 65.8 Å². The lowest BCUT2D eigenvalue weighted by atomic mass is 10.1. The zero-order chi connectivity index (χ0) is 24.9. The van der Waals surface area contributed by atoms with Crippen LogP contribution < -0.4 is 10.6 Å². The minimum Gasteiger partial charge on any atom is -0.331 e. The van der Waals surface area contributed by atoms with Crippen LogP contribution in [0.4, 0.5) is 10.5 Å². The predicted octanol–water partition coefficient (Wildman–Crippen LogP) is 7.80. The average Bonchev–Trinajstić information content (AvgIpc) is 3.23. The topological polar surface area (TPSA) is 71.8 Å². The summed E-state index contributed by atoms with van der Waals surface area (Å²) in [6.07, 6.45) is 0. The van der Waals surface area contributed by atoms with Gasteiger partial charge in [0.1, 0.15) is 0 Å². The third-order valence-corrected chi connectivity index (χ3v) is 7.41. The van der Waals surface area contributed by atoms with E-state index in [0.717, 1.165) is 0 Å². The molecule has 11 heteroatoms. The summed E-state index contributed by atoms with van der Waals surface area (Å²) < 4.78 is 1.81. The smallest absolute Gasteiger partial charge is 0.319 e. The van der Waals surface area contributed by atoms with Gasteiger partial charge in [0.25, 0.3) is 0 Å². The summed E-state index contributed by atoms with van der Waals surface area (Å²) in [7, 11) is 0. The summed E-state index contributed by atoms with van der Waals surface area (Å²) in [6.45, 7) is 2.15. The van der Waals surface area contributed by atoms with Crippen molar-refractivity contribution in [3.63, 3.8) is 0 Å². The minimum atomic E-state index is -0.472. The minimum absolute atomic E-state index is 0.0842. The van der Waals surface area contributed by atoms with E-state index in [-0.39, 0.29) is 11.6 Å². The van der Waals surface area contributed by atoms with Gasteiger partial charge in [-0.15, -0.1) is 10.2 Å². The molecule has 1 heterocycles. The van der Waals surface area contributed by atoms with E-state index in [2.05, 4.69) is 39.9 Å². The third-order valence-electron chi connectivity index (χ3n) is 5.08. The van der Waals surface area contributed by atoms with Crippen LogP contribution in [0.25, 0.3) is 5.69 Å². The molecule has 0 aliphatic carbocycles. The molecule has 0 saturated carbocycles. The first-order valence-electron chi connectivity index (χ1n) is 10.4. The third kappa shape index (κ3) is 6.23. The van der Waals surface area contributed by atoms with Crippen molar-refractivity contribution in [3.8, 4) is 5.69 Å². The van der Waals surface area contributed by atoms with Crippen LogP contribution in [-0.2, 0) is 12.3 Å². The van der Waals surface area contributed by atoms with Crippen LogP contribution in [0.2, 0.25) is 20.1 Å². The number of halogens is 4. The molecule has 0 aliphatic rings. The highest BCUT2D eigenvalue weighted by Gasteiger charge is 2.18. The normalized spacial score (nSPS) is 10.9. The lowest BCUT2D eigenvalue weighted by Crippen LogP contribution is -2.29. The second kappa shape index (κ2) is 11.5. The van der Waals surface area contributed by atoms with Crippen LogP contribution >= 0.6 is 58.2 Å². The number of carbonyl (C=O) groups is 1. The molecule has 35 heavy (non-hydrogen) atoms. The molecule has 0 atom stereocenters. The maximum atomic E-state index is 12.5. The number of aryl methyl sites for hydroxylation is 1. The molecule has 0 spiro atoms. The van der Waals surface area contributed by atoms with Gasteiger partial charge in [0.2, 0.25) is 0 Å². The zero-order valence-electron chi connectivity index (χ0n) is 18.4. The second-order valence-electron chi connectivity index (χ2n) is 7.45. The number of nitrogens with one attached hydrogen (secondary N) is 2. The van der Waals surface area contributed by atoms with Crippen LogP contribution in [0.5, 0.6) is 0 Å². The van der Waals surface area contributed by atoms with Crippen molar-refractivity contribution in [3.05, 3.63) is 97.7 Å². The number of urea groups is 1. The van der Waals surface area contributed by atoms with E-state index in [9.17, 15) is 4.79 Å². The molecule has 3 aromatic carbocycles. The van der Waals surface area contributed by atoms with E-state index < -0.39 is 6.03 Å². The largest absolute Gasteiger partial charge is 0.331 e. The van der Waals surface area contributed by atoms with Crippen molar-refractivity contribution < 1.29 is 4.79 Å². The average molecular weight is 567 g/mol. The Kier molecular flexibility index (Phi) is 8.46. The molecule has 4 aromatic rings. The number of hydrogen-bond acceptors (Lipinski definition) is 4. The number of carbonyl (C=O) groups excluding carboxylic acids is 1. The van der Waals surface area contributed by atoms with Crippen molar-refractivity contribution in [2.45, 2.75) is 24.4 Å². The maximum absolute atomic E-state index is 12.5. The number of nitrogens with zero attached hydrogens (tertiary/aromatic N) is 3. The number of hydrogen-bond donors (Lipinski definition) is 2. The monoisotopic (exact) mass is 565 g/mol. The van der Waals surface area contributed by atoms with Gasteiger partial charge in [0, 0.05) is 10.8 Å². The Balaban J connectivity index is 1.57. The predicted molar refractivity (Wildman–Crippen MR) is 144 cm³/mol. The molecule has 2 amide bonds. The van der Waals surface area contributed by atoms with Crippen molar-refractivity contribution in [1.82, 2.24) is 20.1 Å². The van der Waals surface area contributed by atoms with E-state index >= 15 is 0 Å². The quantitative estimate of drug-likeness (QED) is 0.224. The van der Waals surface area contributed by atoms with Gasteiger partial charge in [-0.2, -0.15) is 0 Å². The molecule has 6 nitrogen and oxygen atoms in total. The molecule has 0 bridgehead atoms. The number of anilines is 1. The highest BCUT2D eigenvalue weighted by molar-refractivity contribution is 7.98. The van der Waals surface area contributed by atoms with Crippen LogP contribution in [0, 0.1) is 6.92 Å². The summed E-state index contributed by atoms with van der Waals surface area (Å²) in [5.74, 6) is 1.19. The summed E-state index contributed by atoms with van der Waals surface area (Å²) in [6, 6.07) is 17.9. The van der Waals surface area contributed by atoms with Gasteiger partial charge >= 0.3 is 6.03 Å². The summed E-state index contributed by atoms with van der Waals surface area (Å²) in [5, 5.41) is 16.3. The first-order valence-corrected chi connectivity index (χ1v) is 12.9. The second-order valence-corrected chi connectivity index (χ2v) is 10.0. The fourth-order valence-corrected chi connectivity index (χ4v) is 5.13. The molecule has 0 radical (unpaired) electrons. The van der Waals surface area contributed by atoms with Crippen molar-refractivity contribution in [2.24, 2.45) is 0 Å². The van der Waals surface area contributed by atoms with Gasteiger partial charge in [-0.1, -0.05) is 88.5 Å². The van der Waals surface area contributed by atoms with Crippen molar-refractivity contribution >= 4 is 69.9 Å². The maximum Gasteiger partial charge on any atom is 0.319 e. The van der Waals surface area contributed by atoms with Crippen LogP contribution in [-0.4, -0.2) is 20.8 Å². The standard InChI is InChI=1S/C24H19Cl4N5OS/c1-14-5-2-3-6-15(14)13-35-24-32-31-21(33(24)20-10-9-16(25)11-18(20)27)12-29-23(34)30-19-8-4-7-17(26)22(19)28/h2-11H,12-13H2,1H3,(H2,29,30,34). The fourth-order valence-electron chi connectivity index (χ4n) is 3.25. The van der Waals surface area contributed by atoms with E-state index in [1.807, 2.05) is 16.7 Å². The Morgan fingerprint density at radius 3 is 2.54 bits per heavy atom. The highest BCUT2D eigenvalue weighted by atomic mass is 35.5. The lowest BCUT2D eigenvalue weighted by molar-refractivity contribution is 0.251. The number of benzene rings is 3. The Morgan fingerprint density at radius 1 is 0.971 bits per heavy atom. The summed E-state index contributed by atoms with van der Waals surface area (Å²) in [4.78, 5) is 12.5. The highest BCUT2D eigenvalue weighted by Crippen LogP contribution is 2.32. The van der Waals surface area contributed by atoms with E-state index in [1.54, 1.807) is 36.4 Å². The number of aromatic nitrogens is 3. The number of rotatable bonds is 7. The first kappa shape index (κ1) is 25.7. The molecule has 4 rings (SSSR count). The zero-order valence-corrected chi connectivity index (χ0v) is 22.2. The Morgan fingerprint density at radius 2 is 1.77 bits per heavy atom. The fraction of sp³-hybridized carbons (Fsp3) is 0.125. The Bertz CT molecular complexity index is 1380. The Labute approximate surface area is 226 Å². The van der Waals surface area contributed by atoms with E-state index in [0.29, 0.717) is 43.2 Å². The number of amides is 2. The van der Waals surface area contributed by atoms with Gasteiger partial charge < -0.3 is 10.6 Å². The molecule has 0 unspecified atom stereocenters. The lowest BCUT2D eigenvalue weighted by Gasteiger charge is -2.14. The van der Waals surface area contributed by atoms with Gasteiger partial charge in [0.05, 0.1) is 33.0 Å². The van der Waals surface area contributed by atoms with Gasteiger partial charge in [-0.25, -0.2) is 4.79 Å². The molecule has 0 saturated heterocycles. The molecule has 2 N–H and O–H groups in total. The van der Waals surface area contributed by atoms with Gasteiger partial charge in [-0.3, -0.25) is 4.57 Å². The Hall–Kier alpha value is -2.42. The van der Waals surface area contributed by atoms with E-state index in [1.165, 1.54) is 22.9 Å². The molecule has 0 fully saturated rings. The molecule has 180 valence electrons. The van der Waals surface area contributed by atoms with E-state index in [4.69, 9.17) is 46.4 Å². The molecular weight excluding hydrogens is 548 g/mol. The molecule has 0 aliphatic heterocycles. The van der Waals surface area contributed by atoms with Gasteiger partial charge in [0.15, 0.2) is 11.0 Å². The SMILES string of the molecule is Cc1ccccc1CSc1nnc(CNC(=O)Nc2cccc(Cl)c2Cl)n1-c1ccc(Cl)cc1Cl. The van der Waals surface area contributed by atoms with Crippen LogP contribution in [0.3, 0.4) is 0 Å². The first-order chi connectivity index (χ1) is 16.8. The van der Waals surface area contributed by atoms with Gasteiger partial charge in [-0.05, 0) is 48.4 Å². The van der Waals surface area contributed by atoms with Crippen molar-refractivity contribution in [2.75, 3.05) is 5.32 Å². The number of thioether (sulfide) groups is 1. The molecule has 1 aromatic heterocycles. The van der Waals surface area contributed by atoms with Crippen LogP contribution in [0.1, 0.15) is 17.0 Å². The van der Waals surface area contributed by atoms with Crippen molar-refractivity contribution in [1.29, 1.82) is 0 Å².